The van der Waals surface area contributed by atoms with Crippen LogP contribution in [0.15, 0.2) is 29.7 Å². The van der Waals surface area contributed by atoms with Gasteiger partial charge in [0.2, 0.25) is 10.0 Å². The first-order valence-electron chi connectivity index (χ1n) is 5.54. The fourth-order valence-corrected chi connectivity index (χ4v) is 2.72. The summed E-state index contributed by atoms with van der Waals surface area (Å²) in [6.07, 6.45) is 1.51. The summed E-state index contributed by atoms with van der Waals surface area (Å²) < 4.78 is 25.0. The standard InChI is InChI=1S/C12H16ClNO3S/c1-2-14(8-9-15)18(16,17)10-7-11-3-5-12(13)6-4-11/h3-7,10,15H,2,8-9H2,1H3/b10-7+. The van der Waals surface area contributed by atoms with Gasteiger partial charge < -0.3 is 5.11 Å². The Morgan fingerprint density at radius 2 is 1.94 bits per heavy atom. The number of likely N-dealkylation sites (N-methyl/N-ethyl adjacent to an activating group) is 1. The van der Waals surface area contributed by atoms with Crippen LogP contribution in [0.25, 0.3) is 6.08 Å². The van der Waals surface area contributed by atoms with Crippen LogP contribution in [0.5, 0.6) is 0 Å². The zero-order valence-electron chi connectivity index (χ0n) is 10.1. The van der Waals surface area contributed by atoms with Gasteiger partial charge in [-0.1, -0.05) is 30.7 Å². The molecule has 0 aliphatic heterocycles. The third kappa shape index (κ3) is 4.42. The van der Waals surface area contributed by atoms with Crippen molar-refractivity contribution in [3.8, 4) is 0 Å². The molecule has 0 spiro atoms. The largest absolute Gasteiger partial charge is 0.395 e. The molecule has 18 heavy (non-hydrogen) atoms. The molecule has 0 bridgehead atoms. The summed E-state index contributed by atoms with van der Waals surface area (Å²) >= 11 is 5.74. The number of aliphatic hydroxyl groups excluding tert-OH is 1. The van der Waals surface area contributed by atoms with E-state index in [0.717, 1.165) is 11.0 Å². The van der Waals surface area contributed by atoms with E-state index in [1.807, 2.05) is 0 Å². The number of nitrogens with zero attached hydrogens (tertiary/aromatic N) is 1. The van der Waals surface area contributed by atoms with Crippen molar-refractivity contribution in [2.75, 3.05) is 19.7 Å². The summed E-state index contributed by atoms with van der Waals surface area (Å²) in [5.74, 6) is 0. The molecule has 0 amide bonds. The summed E-state index contributed by atoms with van der Waals surface area (Å²) in [6, 6.07) is 6.85. The van der Waals surface area contributed by atoms with Gasteiger partial charge in [0.1, 0.15) is 0 Å². The quantitative estimate of drug-likeness (QED) is 0.871. The van der Waals surface area contributed by atoms with E-state index in [9.17, 15) is 8.42 Å². The molecule has 0 saturated carbocycles. The minimum atomic E-state index is -3.48. The lowest BCUT2D eigenvalue weighted by molar-refractivity contribution is 0.258. The highest BCUT2D eigenvalue weighted by Crippen LogP contribution is 2.12. The predicted octanol–water partition coefficient (Wildman–Crippen LogP) is 1.95. The Morgan fingerprint density at radius 3 is 2.44 bits per heavy atom. The van der Waals surface area contributed by atoms with Gasteiger partial charge in [-0.3, -0.25) is 0 Å². The molecule has 0 atom stereocenters. The van der Waals surface area contributed by atoms with Crippen LogP contribution in [-0.4, -0.2) is 37.5 Å². The molecule has 0 heterocycles. The van der Waals surface area contributed by atoms with E-state index in [-0.39, 0.29) is 13.2 Å². The monoisotopic (exact) mass is 289 g/mol. The summed E-state index contributed by atoms with van der Waals surface area (Å²) in [4.78, 5) is 0. The Labute approximate surface area is 113 Å². The molecule has 0 saturated heterocycles. The number of rotatable bonds is 6. The molecule has 4 nitrogen and oxygen atoms in total. The molecule has 1 rings (SSSR count). The van der Waals surface area contributed by atoms with Gasteiger partial charge in [0, 0.05) is 23.5 Å². The molecule has 6 heteroatoms. The average Bonchev–Trinajstić information content (AvgIpc) is 2.35. The van der Waals surface area contributed by atoms with E-state index in [1.54, 1.807) is 31.2 Å². The predicted molar refractivity (Wildman–Crippen MR) is 73.7 cm³/mol. The second-order valence-electron chi connectivity index (χ2n) is 3.61. The van der Waals surface area contributed by atoms with Crippen molar-refractivity contribution in [2.24, 2.45) is 0 Å². The highest BCUT2D eigenvalue weighted by molar-refractivity contribution is 7.92. The summed E-state index contributed by atoms with van der Waals surface area (Å²) in [7, 11) is -3.48. The zero-order chi connectivity index (χ0) is 13.6. The van der Waals surface area contributed by atoms with E-state index in [1.165, 1.54) is 10.4 Å². The van der Waals surface area contributed by atoms with Gasteiger partial charge in [-0.25, -0.2) is 8.42 Å². The molecule has 0 aliphatic rings. The van der Waals surface area contributed by atoms with Crippen molar-refractivity contribution >= 4 is 27.7 Å². The van der Waals surface area contributed by atoms with Crippen LogP contribution in [0.3, 0.4) is 0 Å². The maximum Gasteiger partial charge on any atom is 0.236 e. The Bertz CT molecular complexity index is 497. The summed E-state index contributed by atoms with van der Waals surface area (Å²) in [6.45, 7) is 1.96. The number of halogens is 1. The number of hydrogen-bond acceptors (Lipinski definition) is 3. The maximum absolute atomic E-state index is 11.9. The molecule has 1 aromatic rings. The zero-order valence-corrected chi connectivity index (χ0v) is 11.7. The smallest absolute Gasteiger partial charge is 0.236 e. The molecular formula is C12H16ClNO3S. The Morgan fingerprint density at radius 1 is 1.33 bits per heavy atom. The first-order valence-corrected chi connectivity index (χ1v) is 7.42. The van der Waals surface area contributed by atoms with Crippen molar-refractivity contribution in [2.45, 2.75) is 6.92 Å². The van der Waals surface area contributed by atoms with Crippen molar-refractivity contribution < 1.29 is 13.5 Å². The molecule has 0 aromatic heterocycles. The van der Waals surface area contributed by atoms with E-state index in [2.05, 4.69) is 0 Å². The lowest BCUT2D eigenvalue weighted by Crippen LogP contribution is -2.31. The SMILES string of the molecule is CCN(CCO)S(=O)(=O)/C=C/c1ccc(Cl)cc1. The van der Waals surface area contributed by atoms with Crippen molar-refractivity contribution in [1.82, 2.24) is 4.31 Å². The van der Waals surface area contributed by atoms with Gasteiger partial charge >= 0.3 is 0 Å². The van der Waals surface area contributed by atoms with Crippen LogP contribution in [-0.2, 0) is 10.0 Å². The van der Waals surface area contributed by atoms with Gasteiger partial charge in [0.15, 0.2) is 0 Å². The topological polar surface area (TPSA) is 57.6 Å². The van der Waals surface area contributed by atoms with Gasteiger partial charge in [0.05, 0.1) is 6.61 Å². The number of hydrogen-bond donors (Lipinski definition) is 1. The fraction of sp³-hybridized carbons (Fsp3) is 0.333. The first kappa shape index (κ1) is 15.2. The number of aliphatic hydroxyl groups is 1. The van der Waals surface area contributed by atoms with Crippen LogP contribution in [0, 0.1) is 0 Å². The van der Waals surface area contributed by atoms with Crippen molar-refractivity contribution in [3.63, 3.8) is 0 Å². The molecule has 1 aromatic carbocycles. The average molecular weight is 290 g/mol. The third-order valence-corrected chi connectivity index (χ3v) is 4.26. The highest BCUT2D eigenvalue weighted by Gasteiger charge is 2.15. The lowest BCUT2D eigenvalue weighted by atomic mass is 10.2. The molecule has 0 aliphatic carbocycles. The van der Waals surface area contributed by atoms with Gasteiger partial charge in [-0.2, -0.15) is 4.31 Å². The minimum Gasteiger partial charge on any atom is -0.395 e. The summed E-state index contributed by atoms with van der Waals surface area (Å²) in [5, 5.41) is 10.5. The second kappa shape index (κ2) is 6.89. The van der Waals surface area contributed by atoms with E-state index < -0.39 is 10.0 Å². The van der Waals surface area contributed by atoms with Crippen molar-refractivity contribution in [3.05, 3.63) is 40.3 Å². The van der Waals surface area contributed by atoms with Gasteiger partial charge in [-0.15, -0.1) is 0 Å². The molecule has 0 radical (unpaired) electrons. The number of sulfonamides is 1. The molecular weight excluding hydrogens is 274 g/mol. The Kier molecular flexibility index (Phi) is 5.81. The van der Waals surface area contributed by atoms with Crippen molar-refractivity contribution in [1.29, 1.82) is 0 Å². The molecule has 0 fully saturated rings. The Hall–Kier alpha value is -0.880. The normalized spacial score (nSPS) is 12.4. The third-order valence-electron chi connectivity index (χ3n) is 2.36. The van der Waals surface area contributed by atoms with Gasteiger partial charge in [0.25, 0.3) is 0 Å². The first-order chi connectivity index (χ1) is 8.49. The highest BCUT2D eigenvalue weighted by atomic mass is 35.5. The van der Waals surface area contributed by atoms with E-state index in [0.29, 0.717) is 11.6 Å². The minimum absolute atomic E-state index is 0.101. The second-order valence-corrected chi connectivity index (χ2v) is 5.87. The maximum atomic E-state index is 11.9. The van der Waals surface area contributed by atoms with E-state index in [4.69, 9.17) is 16.7 Å². The Balaban J connectivity index is 2.84. The number of benzene rings is 1. The van der Waals surface area contributed by atoms with Gasteiger partial charge in [-0.05, 0) is 23.8 Å². The molecule has 0 unspecified atom stereocenters. The van der Waals surface area contributed by atoms with Crippen LogP contribution >= 0.6 is 11.6 Å². The van der Waals surface area contributed by atoms with Crippen LogP contribution in [0.2, 0.25) is 5.02 Å². The molecule has 1 N–H and O–H groups in total. The summed E-state index contributed by atoms with van der Waals surface area (Å²) in [5.41, 5.74) is 0.753. The van der Waals surface area contributed by atoms with Crippen LogP contribution in [0.1, 0.15) is 12.5 Å². The lowest BCUT2D eigenvalue weighted by Gasteiger charge is -2.16. The van der Waals surface area contributed by atoms with Crippen LogP contribution < -0.4 is 0 Å². The fourth-order valence-electron chi connectivity index (χ4n) is 1.40. The molecule has 100 valence electrons. The van der Waals surface area contributed by atoms with Crippen LogP contribution in [0.4, 0.5) is 0 Å². The van der Waals surface area contributed by atoms with E-state index >= 15 is 0 Å².